The lowest BCUT2D eigenvalue weighted by molar-refractivity contribution is -0.132. The first-order chi connectivity index (χ1) is 22.9. The Kier molecular flexibility index (Phi) is 11.3. The van der Waals surface area contributed by atoms with E-state index in [9.17, 15) is 14.4 Å². The van der Waals surface area contributed by atoms with Crippen molar-refractivity contribution in [2.75, 3.05) is 38.3 Å². The molecule has 2 aromatic rings. The Bertz CT molecular complexity index is 1410. The number of benzene rings is 1. The summed E-state index contributed by atoms with van der Waals surface area (Å²) in [6, 6.07) is 12.0. The first-order valence-electron chi connectivity index (χ1n) is 17.7. The van der Waals surface area contributed by atoms with Gasteiger partial charge in [-0.2, -0.15) is 0 Å². The molecule has 2 saturated carbocycles. The Morgan fingerprint density at radius 1 is 1.04 bits per heavy atom. The molecule has 1 aromatic heterocycles. The van der Waals surface area contributed by atoms with Gasteiger partial charge < -0.3 is 24.4 Å². The number of aromatic nitrogens is 1. The lowest BCUT2D eigenvalue weighted by atomic mass is 9.84. The second kappa shape index (κ2) is 15.3. The zero-order valence-corrected chi connectivity index (χ0v) is 29.6. The summed E-state index contributed by atoms with van der Waals surface area (Å²) in [7, 11) is 1.67. The predicted octanol–water partition coefficient (Wildman–Crippen LogP) is 6.57. The Morgan fingerprint density at radius 2 is 1.73 bits per heavy atom. The van der Waals surface area contributed by atoms with Crippen molar-refractivity contribution in [3.63, 3.8) is 0 Å². The molecule has 5 rings (SSSR count). The number of anilines is 1. The van der Waals surface area contributed by atoms with Gasteiger partial charge in [-0.1, -0.05) is 57.0 Å². The predicted molar refractivity (Wildman–Crippen MR) is 185 cm³/mol. The first-order valence-corrected chi connectivity index (χ1v) is 17.7. The monoisotopic (exact) mass is 662 g/mol. The van der Waals surface area contributed by atoms with E-state index in [0.29, 0.717) is 31.2 Å². The van der Waals surface area contributed by atoms with Crippen molar-refractivity contribution in [3.05, 3.63) is 53.7 Å². The molecular formula is C38H54N4O6. The molecule has 1 N–H and O–H groups in total. The fraction of sp³-hybridized carbons (Fsp3) is 0.632. The third kappa shape index (κ3) is 8.67. The third-order valence-electron chi connectivity index (χ3n) is 9.62. The zero-order chi connectivity index (χ0) is 34.5. The smallest absolute Gasteiger partial charge is 0.410 e. The van der Waals surface area contributed by atoms with Gasteiger partial charge in [-0.15, -0.1) is 0 Å². The number of hydrogen-bond donors (Lipinski definition) is 1. The highest BCUT2D eigenvalue weighted by Gasteiger charge is 2.45. The van der Waals surface area contributed by atoms with Crippen LogP contribution in [0.3, 0.4) is 0 Å². The second-order valence-corrected chi connectivity index (χ2v) is 15.0. The maximum absolute atomic E-state index is 14.6. The molecule has 3 amide bonds. The molecule has 2 heterocycles. The summed E-state index contributed by atoms with van der Waals surface area (Å²) >= 11 is 0. The number of ether oxygens (including phenoxy) is 3. The maximum atomic E-state index is 14.6. The number of hydrogen-bond acceptors (Lipinski definition) is 7. The molecule has 3 fully saturated rings. The van der Waals surface area contributed by atoms with Gasteiger partial charge in [0.05, 0.1) is 24.0 Å². The van der Waals surface area contributed by atoms with Gasteiger partial charge in [0.15, 0.2) is 0 Å². The molecule has 2 aliphatic carbocycles. The Labute approximate surface area is 285 Å². The van der Waals surface area contributed by atoms with Crippen molar-refractivity contribution in [1.29, 1.82) is 0 Å². The fourth-order valence-electron chi connectivity index (χ4n) is 7.03. The molecule has 3 aliphatic rings. The van der Waals surface area contributed by atoms with Gasteiger partial charge in [0.1, 0.15) is 17.2 Å². The molecule has 0 bridgehead atoms. The second-order valence-electron chi connectivity index (χ2n) is 15.0. The van der Waals surface area contributed by atoms with Crippen molar-refractivity contribution in [2.24, 2.45) is 11.8 Å². The van der Waals surface area contributed by atoms with E-state index in [0.717, 1.165) is 56.1 Å². The lowest BCUT2D eigenvalue weighted by Gasteiger charge is -2.40. The SMILES string of the molecule is COCCCOc1cc(N(C(=O)[C@@H]2C[C@H](C(=O)NC3(c4ccccc4)CCCC3)CN(C(=O)OC(C)(C)C)C2)C2CC2)ncc1C(C)C. The maximum Gasteiger partial charge on any atom is 0.410 e. The van der Waals surface area contributed by atoms with Crippen LogP contribution in [0.4, 0.5) is 10.6 Å². The summed E-state index contributed by atoms with van der Waals surface area (Å²) in [5.41, 5.74) is 0.909. The number of carbonyl (C=O) groups is 3. The lowest BCUT2D eigenvalue weighted by Crippen LogP contribution is -2.55. The van der Waals surface area contributed by atoms with Gasteiger partial charge in [-0.05, 0) is 64.4 Å². The molecule has 0 spiro atoms. The molecule has 0 radical (unpaired) electrons. The number of pyridine rings is 1. The van der Waals surface area contributed by atoms with Gasteiger partial charge in [0, 0.05) is 57.1 Å². The Morgan fingerprint density at radius 3 is 2.35 bits per heavy atom. The van der Waals surface area contributed by atoms with Crippen LogP contribution in [0.2, 0.25) is 0 Å². The van der Waals surface area contributed by atoms with Crippen LogP contribution in [-0.4, -0.2) is 72.8 Å². The summed E-state index contributed by atoms with van der Waals surface area (Å²) in [5, 5.41) is 3.41. The van der Waals surface area contributed by atoms with E-state index >= 15 is 0 Å². The molecule has 2 atom stereocenters. The van der Waals surface area contributed by atoms with Gasteiger partial charge in [0.2, 0.25) is 11.8 Å². The van der Waals surface area contributed by atoms with E-state index < -0.39 is 29.1 Å². The molecule has 1 aromatic carbocycles. The Balaban J connectivity index is 1.42. The number of piperidine rings is 1. The van der Waals surface area contributed by atoms with Crippen molar-refractivity contribution >= 4 is 23.7 Å². The zero-order valence-electron chi connectivity index (χ0n) is 29.6. The minimum Gasteiger partial charge on any atom is -0.493 e. The summed E-state index contributed by atoms with van der Waals surface area (Å²) in [6.45, 7) is 11.1. The molecule has 0 unspecified atom stereocenters. The van der Waals surface area contributed by atoms with Crippen LogP contribution in [0.5, 0.6) is 5.75 Å². The number of rotatable bonds is 12. The number of amides is 3. The van der Waals surface area contributed by atoms with Crippen LogP contribution in [0.25, 0.3) is 0 Å². The summed E-state index contributed by atoms with van der Waals surface area (Å²) in [4.78, 5) is 50.3. The largest absolute Gasteiger partial charge is 0.493 e. The highest BCUT2D eigenvalue weighted by Crippen LogP contribution is 2.41. The van der Waals surface area contributed by atoms with E-state index in [2.05, 4.69) is 31.3 Å². The normalized spacial score (nSPS) is 20.8. The first kappa shape index (κ1) is 35.6. The number of methoxy groups -OCH3 is 1. The Hall–Kier alpha value is -3.66. The highest BCUT2D eigenvalue weighted by molar-refractivity contribution is 5.96. The highest BCUT2D eigenvalue weighted by atomic mass is 16.6. The summed E-state index contributed by atoms with van der Waals surface area (Å²) in [6.07, 6.45) is 7.89. The van der Waals surface area contributed by atoms with Crippen LogP contribution in [0.15, 0.2) is 42.6 Å². The van der Waals surface area contributed by atoms with Gasteiger partial charge in [0.25, 0.3) is 0 Å². The molecular weight excluding hydrogens is 608 g/mol. The van der Waals surface area contributed by atoms with Crippen molar-refractivity contribution < 1.29 is 28.6 Å². The average Bonchev–Trinajstić information content (AvgIpc) is 3.78. The summed E-state index contributed by atoms with van der Waals surface area (Å²) < 4.78 is 17.1. The van der Waals surface area contributed by atoms with E-state index in [1.807, 2.05) is 51.2 Å². The molecule has 10 nitrogen and oxygen atoms in total. The van der Waals surface area contributed by atoms with Gasteiger partial charge in [-0.25, -0.2) is 9.78 Å². The molecule has 1 saturated heterocycles. The molecule has 262 valence electrons. The quantitative estimate of drug-likeness (QED) is 0.256. The standard InChI is InChI=1S/C38H54N4O6/c1-26(2)31-23-39-33(22-32(31)47-20-12-19-46-6)42(30-15-16-30)35(44)28-21-27(24-41(25-28)36(45)48-37(3,4)5)34(43)40-38(17-10-11-18-38)29-13-8-7-9-14-29/h7-9,13-14,22-23,26-28,30H,10-12,15-21,24-25H2,1-6H3,(H,40,43)/t27-,28+/m0/s1. The van der Waals surface area contributed by atoms with Crippen molar-refractivity contribution in [2.45, 2.75) is 109 Å². The molecule has 1 aliphatic heterocycles. The summed E-state index contributed by atoms with van der Waals surface area (Å²) in [5.74, 6) is 0.0120. The van der Waals surface area contributed by atoms with Crippen LogP contribution >= 0.6 is 0 Å². The van der Waals surface area contributed by atoms with E-state index in [-0.39, 0.29) is 36.9 Å². The topological polar surface area (TPSA) is 110 Å². The van der Waals surface area contributed by atoms with Gasteiger partial charge in [-0.3, -0.25) is 14.5 Å². The van der Waals surface area contributed by atoms with Crippen molar-refractivity contribution in [1.82, 2.24) is 15.2 Å². The van der Waals surface area contributed by atoms with Crippen LogP contribution in [0, 0.1) is 11.8 Å². The molecule has 48 heavy (non-hydrogen) atoms. The molecule has 10 heteroatoms. The number of nitrogens with zero attached hydrogens (tertiary/aromatic N) is 3. The third-order valence-corrected chi connectivity index (χ3v) is 9.62. The minimum atomic E-state index is -0.714. The number of likely N-dealkylation sites (tertiary alicyclic amines) is 1. The van der Waals surface area contributed by atoms with E-state index in [1.165, 1.54) is 0 Å². The van der Waals surface area contributed by atoms with E-state index in [1.54, 1.807) is 16.9 Å². The average molecular weight is 663 g/mol. The van der Waals surface area contributed by atoms with Gasteiger partial charge >= 0.3 is 6.09 Å². The van der Waals surface area contributed by atoms with Crippen LogP contribution in [0.1, 0.15) is 103 Å². The number of carbonyl (C=O) groups excluding carboxylic acids is 3. The van der Waals surface area contributed by atoms with Crippen molar-refractivity contribution in [3.8, 4) is 5.75 Å². The van der Waals surface area contributed by atoms with Crippen LogP contribution in [-0.2, 0) is 24.6 Å². The van der Waals surface area contributed by atoms with E-state index in [4.69, 9.17) is 19.2 Å². The minimum absolute atomic E-state index is 0.0141. The number of nitrogens with one attached hydrogen (secondary N) is 1. The fourth-order valence-corrected chi connectivity index (χ4v) is 7.03. The van der Waals surface area contributed by atoms with Crippen LogP contribution < -0.4 is 15.0 Å².